The van der Waals surface area contributed by atoms with E-state index in [1.807, 2.05) is 30.9 Å². The molecule has 0 unspecified atom stereocenters. The molecular formula is C13H18N4. The van der Waals surface area contributed by atoms with Gasteiger partial charge in [0.25, 0.3) is 0 Å². The van der Waals surface area contributed by atoms with Crippen LogP contribution in [0.5, 0.6) is 0 Å². The third-order valence-electron chi connectivity index (χ3n) is 2.74. The van der Waals surface area contributed by atoms with Crippen molar-refractivity contribution < 1.29 is 0 Å². The zero-order valence-corrected chi connectivity index (χ0v) is 10.3. The predicted molar refractivity (Wildman–Crippen MR) is 69.1 cm³/mol. The Kier molecular flexibility index (Phi) is 3.75. The largest absolute Gasteiger partial charge is 0.356 e. The van der Waals surface area contributed by atoms with E-state index in [9.17, 15) is 0 Å². The molecule has 0 aromatic carbocycles. The Balaban J connectivity index is 2.13. The van der Waals surface area contributed by atoms with Crippen molar-refractivity contribution in [1.82, 2.24) is 14.5 Å². The first-order chi connectivity index (χ1) is 8.31. The molecule has 0 aliphatic carbocycles. The first-order valence-electron chi connectivity index (χ1n) is 5.95. The molecule has 0 aliphatic heterocycles. The molecule has 0 saturated heterocycles. The van der Waals surface area contributed by atoms with E-state index in [2.05, 4.69) is 33.7 Å². The van der Waals surface area contributed by atoms with Crippen molar-refractivity contribution in [2.24, 2.45) is 0 Å². The van der Waals surface area contributed by atoms with Gasteiger partial charge in [0.15, 0.2) is 0 Å². The molecule has 2 heterocycles. The van der Waals surface area contributed by atoms with Crippen molar-refractivity contribution in [3.05, 3.63) is 42.0 Å². The summed E-state index contributed by atoms with van der Waals surface area (Å²) in [6, 6.07) is 2.03. The van der Waals surface area contributed by atoms with Crippen LogP contribution in [0.1, 0.15) is 24.5 Å². The second-order valence-electron chi connectivity index (χ2n) is 4.11. The summed E-state index contributed by atoms with van der Waals surface area (Å²) in [5, 5.41) is 3.31. The number of nitrogens with zero attached hydrogens (tertiary/aromatic N) is 3. The molecule has 0 radical (unpaired) electrons. The lowest BCUT2D eigenvalue weighted by atomic mass is 10.1. The molecule has 0 fully saturated rings. The number of imidazole rings is 1. The molecule has 0 bridgehead atoms. The number of aromatic nitrogens is 3. The SMILES string of the molecule is CCCNc1nccn1Cc1cnccc1C. The van der Waals surface area contributed by atoms with Gasteiger partial charge in [-0.1, -0.05) is 6.92 Å². The minimum atomic E-state index is 0.811. The maximum Gasteiger partial charge on any atom is 0.203 e. The van der Waals surface area contributed by atoms with E-state index in [0.717, 1.165) is 25.5 Å². The lowest BCUT2D eigenvalue weighted by Gasteiger charge is -2.10. The number of rotatable bonds is 5. The van der Waals surface area contributed by atoms with Gasteiger partial charge in [0.1, 0.15) is 0 Å². The number of nitrogens with one attached hydrogen (secondary N) is 1. The second-order valence-corrected chi connectivity index (χ2v) is 4.11. The number of hydrogen-bond acceptors (Lipinski definition) is 3. The maximum absolute atomic E-state index is 4.31. The minimum absolute atomic E-state index is 0.811. The van der Waals surface area contributed by atoms with E-state index in [1.54, 1.807) is 0 Å². The Hall–Kier alpha value is -1.84. The van der Waals surface area contributed by atoms with Gasteiger partial charge in [0.05, 0.1) is 6.54 Å². The molecule has 0 saturated carbocycles. The summed E-state index contributed by atoms with van der Waals surface area (Å²) in [6.07, 6.45) is 8.65. The lowest BCUT2D eigenvalue weighted by Crippen LogP contribution is -2.09. The van der Waals surface area contributed by atoms with Crippen LogP contribution in [0, 0.1) is 6.92 Å². The quantitative estimate of drug-likeness (QED) is 0.858. The van der Waals surface area contributed by atoms with E-state index >= 15 is 0 Å². The zero-order valence-electron chi connectivity index (χ0n) is 10.3. The van der Waals surface area contributed by atoms with E-state index in [0.29, 0.717) is 0 Å². The molecule has 4 nitrogen and oxygen atoms in total. The van der Waals surface area contributed by atoms with Gasteiger partial charge in [0.2, 0.25) is 5.95 Å². The summed E-state index contributed by atoms with van der Waals surface area (Å²) in [4.78, 5) is 8.47. The highest BCUT2D eigenvalue weighted by molar-refractivity contribution is 5.29. The number of pyridine rings is 1. The normalized spacial score (nSPS) is 10.5. The minimum Gasteiger partial charge on any atom is -0.356 e. The molecule has 17 heavy (non-hydrogen) atoms. The van der Waals surface area contributed by atoms with E-state index in [1.165, 1.54) is 11.1 Å². The van der Waals surface area contributed by atoms with Crippen LogP contribution in [0.15, 0.2) is 30.9 Å². The second kappa shape index (κ2) is 5.48. The fraction of sp³-hybridized carbons (Fsp3) is 0.385. The molecular weight excluding hydrogens is 212 g/mol. The third-order valence-corrected chi connectivity index (χ3v) is 2.74. The Bertz CT molecular complexity index is 476. The molecule has 0 amide bonds. The average Bonchev–Trinajstić information content (AvgIpc) is 2.77. The molecule has 0 spiro atoms. The number of aryl methyl sites for hydroxylation is 1. The smallest absolute Gasteiger partial charge is 0.203 e. The van der Waals surface area contributed by atoms with Crippen LogP contribution < -0.4 is 5.32 Å². The van der Waals surface area contributed by atoms with Gasteiger partial charge in [-0.3, -0.25) is 4.98 Å². The summed E-state index contributed by atoms with van der Waals surface area (Å²) in [7, 11) is 0. The van der Waals surface area contributed by atoms with Crippen molar-refractivity contribution in [3.8, 4) is 0 Å². The van der Waals surface area contributed by atoms with Crippen molar-refractivity contribution in [3.63, 3.8) is 0 Å². The van der Waals surface area contributed by atoms with Gasteiger partial charge in [-0.25, -0.2) is 4.98 Å². The molecule has 90 valence electrons. The molecule has 2 aromatic heterocycles. The Morgan fingerprint density at radius 2 is 2.24 bits per heavy atom. The maximum atomic E-state index is 4.31. The Labute approximate surface area is 102 Å². The van der Waals surface area contributed by atoms with Crippen LogP contribution in [-0.4, -0.2) is 21.1 Å². The van der Waals surface area contributed by atoms with Crippen LogP contribution in [-0.2, 0) is 6.54 Å². The summed E-state index contributed by atoms with van der Waals surface area (Å²) < 4.78 is 2.11. The van der Waals surface area contributed by atoms with E-state index in [-0.39, 0.29) is 0 Å². The van der Waals surface area contributed by atoms with Gasteiger partial charge < -0.3 is 9.88 Å². The van der Waals surface area contributed by atoms with Crippen LogP contribution in [0.2, 0.25) is 0 Å². The summed E-state index contributed by atoms with van der Waals surface area (Å²) >= 11 is 0. The van der Waals surface area contributed by atoms with Crippen molar-refractivity contribution in [1.29, 1.82) is 0 Å². The highest BCUT2D eigenvalue weighted by atomic mass is 15.2. The van der Waals surface area contributed by atoms with E-state index in [4.69, 9.17) is 0 Å². The first kappa shape index (κ1) is 11.6. The topological polar surface area (TPSA) is 42.7 Å². The summed E-state index contributed by atoms with van der Waals surface area (Å²) in [5.41, 5.74) is 2.49. The Morgan fingerprint density at radius 1 is 1.35 bits per heavy atom. The van der Waals surface area contributed by atoms with Crippen molar-refractivity contribution in [2.45, 2.75) is 26.8 Å². The van der Waals surface area contributed by atoms with Gasteiger partial charge >= 0.3 is 0 Å². The van der Waals surface area contributed by atoms with Crippen molar-refractivity contribution >= 4 is 5.95 Å². The molecule has 1 N–H and O–H groups in total. The molecule has 4 heteroatoms. The number of anilines is 1. The third kappa shape index (κ3) is 2.84. The standard InChI is InChI=1S/C13H18N4/c1-3-5-15-13-16-7-8-17(13)10-12-9-14-6-4-11(12)2/h4,6-9H,3,5,10H2,1-2H3,(H,15,16). The van der Waals surface area contributed by atoms with Crippen LogP contribution in [0.3, 0.4) is 0 Å². The van der Waals surface area contributed by atoms with Gasteiger partial charge in [0, 0.05) is 31.3 Å². The molecule has 2 rings (SSSR count). The summed E-state index contributed by atoms with van der Waals surface area (Å²) in [6.45, 7) is 6.01. The van der Waals surface area contributed by atoms with Crippen LogP contribution >= 0.6 is 0 Å². The average molecular weight is 230 g/mol. The molecule has 0 aliphatic rings. The predicted octanol–water partition coefficient (Wildman–Crippen LogP) is 2.46. The monoisotopic (exact) mass is 230 g/mol. The number of hydrogen-bond donors (Lipinski definition) is 1. The zero-order chi connectivity index (χ0) is 12.1. The van der Waals surface area contributed by atoms with E-state index < -0.39 is 0 Å². The fourth-order valence-corrected chi connectivity index (χ4v) is 1.69. The van der Waals surface area contributed by atoms with Gasteiger partial charge in [-0.05, 0) is 30.5 Å². The van der Waals surface area contributed by atoms with Crippen LogP contribution in [0.25, 0.3) is 0 Å². The Morgan fingerprint density at radius 3 is 3.00 bits per heavy atom. The summed E-state index contributed by atoms with van der Waals surface area (Å²) in [5.74, 6) is 0.926. The van der Waals surface area contributed by atoms with Gasteiger partial charge in [-0.2, -0.15) is 0 Å². The highest BCUT2D eigenvalue weighted by Crippen LogP contribution is 2.11. The van der Waals surface area contributed by atoms with Gasteiger partial charge in [-0.15, -0.1) is 0 Å². The van der Waals surface area contributed by atoms with Crippen LogP contribution in [0.4, 0.5) is 5.95 Å². The highest BCUT2D eigenvalue weighted by Gasteiger charge is 2.04. The molecule has 2 aromatic rings. The van der Waals surface area contributed by atoms with Crippen molar-refractivity contribution in [2.75, 3.05) is 11.9 Å². The first-order valence-corrected chi connectivity index (χ1v) is 5.95. The molecule has 0 atom stereocenters. The fourth-order valence-electron chi connectivity index (χ4n) is 1.69. The lowest BCUT2D eigenvalue weighted by molar-refractivity contribution is 0.784.